The Morgan fingerprint density at radius 2 is 1.96 bits per heavy atom. The first-order chi connectivity index (χ1) is 12.7. The van der Waals surface area contributed by atoms with Crippen molar-refractivity contribution in [3.05, 3.63) is 24.3 Å². The van der Waals surface area contributed by atoms with Crippen LogP contribution >= 0.6 is 0 Å². The molecule has 1 aliphatic heterocycles. The van der Waals surface area contributed by atoms with Crippen LogP contribution in [-0.4, -0.2) is 50.7 Å². The van der Waals surface area contributed by atoms with Crippen LogP contribution in [0, 0.1) is 5.92 Å². The van der Waals surface area contributed by atoms with E-state index in [1.807, 2.05) is 24.3 Å². The second-order valence-electron chi connectivity index (χ2n) is 6.93. The van der Waals surface area contributed by atoms with Gasteiger partial charge in [-0.25, -0.2) is 0 Å². The second-order valence-corrected chi connectivity index (χ2v) is 6.93. The topological polar surface area (TPSA) is 43.3 Å². The van der Waals surface area contributed by atoms with Crippen LogP contribution in [-0.2, 0) is 4.74 Å². The van der Waals surface area contributed by atoms with Gasteiger partial charge in [0.2, 0.25) is 0 Å². The number of hydrogen-bond acceptors (Lipinski definition) is 5. The van der Waals surface area contributed by atoms with Gasteiger partial charge in [-0.2, -0.15) is 5.10 Å². The highest BCUT2D eigenvalue weighted by molar-refractivity contribution is 5.86. The molecule has 0 unspecified atom stereocenters. The average Bonchev–Trinajstić information content (AvgIpc) is 3.10. The van der Waals surface area contributed by atoms with E-state index in [0.717, 1.165) is 50.5 Å². The van der Waals surface area contributed by atoms with Gasteiger partial charge in [0, 0.05) is 19.4 Å². The van der Waals surface area contributed by atoms with Gasteiger partial charge in [-0.05, 0) is 62.3 Å². The van der Waals surface area contributed by atoms with Gasteiger partial charge in [0.1, 0.15) is 11.5 Å². The zero-order valence-electron chi connectivity index (χ0n) is 16.7. The van der Waals surface area contributed by atoms with Crippen LogP contribution in [0.2, 0.25) is 0 Å². The molecule has 0 N–H and O–H groups in total. The first kappa shape index (κ1) is 20.6. The minimum absolute atomic E-state index is 0.437. The first-order valence-electron chi connectivity index (χ1n) is 9.77. The molecule has 0 bridgehead atoms. The lowest BCUT2D eigenvalue weighted by Crippen LogP contribution is -2.30. The molecule has 5 heteroatoms. The zero-order chi connectivity index (χ0) is 18.8. The fraction of sp³-hybridized carbons (Fsp3) is 0.667. The van der Waals surface area contributed by atoms with Gasteiger partial charge < -0.3 is 14.2 Å². The fourth-order valence-electron chi connectivity index (χ4n) is 3.41. The Balaban J connectivity index is 1.77. The lowest BCUT2D eigenvalue weighted by atomic mass is 9.98. The van der Waals surface area contributed by atoms with Gasteiger partial charge in [0.05, 0.1) is 26.4 Å². The lowest BCUT2D eigenvalue weighted by molar-refractivity contribution is 0.117. The third-order valence-electron chi connectivity index (χ3n) is 5.00. The van der Waals surface area contributed by atoms with Crippen molar-refractivity contribution >= 4 is 5.71 Å². The van der Waals surface area contributed by atoms with Crippen molar-refractivity contribution in [1.29, 1.82) is 0 Å². The number of benzene rings is 1. The van der Waals surface area contributed by atoms with E-state index in [1.165, 1.54) is 18.6 Å². The summed E-state index contributed by atoms with van der Waals surface area (Å²) < 4.78 is 16.3. The molecule has 0 aromatic heterocycles. The van der Waals surface area contributed by atoms with Crippen LogP contribution in [0.3, 0.4) is 0 Å². The maximum Gasteiger partial charge on any atom is 0.119 e. The van der Waals surface area contributed by atoms with Crippen LogP contribution in [0.5, 0.6) is 11.5 Å². The van der Waals surface area contributed by atoms with E-state index < -0.39 is 0 Å². The summed E-state index contributed by atoms with van der Waals surface area (Å²) in [6, 6.07) is 8.18. The van der Waals surface area contributed by atoms with E-state index in [4.69, 9.17) is 19.3 Å². The number of ether oxygens (including phenoxy) is 3. The van der Waals surface area contributed by atoms with Gasteiger partial charge in [-0.1, -0.05) is 13.8 Å². The Morgan fingerprint density at radius 3 is 2.62 bits per heavy atom. The number of methoxy groups -OCH3 is 2. The molecule has 0 saturated carbocycles. The minimum Gasteiger partial charge on any atom is -0.497 e. The van der Waals surface area contributed by atoms with E-state index >= 15 is 0 Å². The van der Waals surface area contributed by atoms with Crippen LogP contribution in [0.4, 0.5) is 0 Å². The van der Waals surface area contributed by atoms with Crippen molar-refractivity contribution in [3.8, 4) is 11.5 Å². The normalized spacial score (nSPS) is 18.8. The summed E-state index contributed by atoms with van der Waals surface area (Å²) in [6.07, 6.45) is 5.49. The molecular formula is C21H34N2O3. The van der Waals surface area contributed by atoms with E-state index in [2.05, 4.69) is 18.9 Å². The SMILES string of the molecule is CC/C(=N/N1CCC[C@H]1COC)[C@@H](C)CCCOc1ccc(OC)cc1. The number of hydrogen-bond donors (Lipinski definition) is 0. The van der Waals surface area contributed by atoms with Crippen LogP contribution in [0.1, 0.15) is 46.0 Å². The summed E-state index contributed by atoms with van der Waals surface area (Å²) >= 11 is 0. The Kier molecular flexibility index (Phi) is 8.75. The molecule has 26 heavy (non-hydrogen) atoms. The highest BCUT2D eigenvalue weighted by atomic mass is 16.5. The van der Waals surface area contributed by atoms with Crippen LogP contribution in [0.15, 0.2) is 29.4 Å². The quantitative estimate of drug-likeness (QED) is 0.433. The smallest absolute Gasteiger partial charge is 0.119 e. The molecule has 2 atom stereocenters. The van der Waals surface area contributed by atoms with Gasteiger partial charge in [0.25, 0.3) is 0 Å². The predicted molar refractivity (Wildman–Crippen MR) is 106 cm³/mol. The molecule has 1 heterocycles. The monoisotopic (exact) mass is 362 g/mol. The molecule has 1 saturated heterocycles. The second kappa shape index (κ2) is 11.1. The third kappa shape index (κ3) is 6.20. The summed E-state index contributed by atoms with van der Waals surface area (Å²) in [5.41, 5.74) is 1.29. The lowest BCUT2D eigenvalue weighted by Gasteiger charge is -2.24. The Bertz CT molecular complexity index is 545. The van der Waals surface area contributed by atoms with Gasteiger partial charge in [0.15, 0.2) is 0 Å². The van der Waals surface area contributed by atoms with Crippen molar-refractivity contribution in [2.24, 2.45) is 11.0 Å². The summed E-state index contributed by atoms with van der Waals surface area (Å²) in [6.45, 7) is 7.01. The molecule has 1 aromatic carbocycles. The standard InChI is InChI=1S/C21H34N2O3/c1-5-21(22-23-14-6-9-18(23)16-24-3)17(2)8-7-15-26-20-12-10-19(25-4)11-13-20/h10-13,17-18H,5-9,14-16H2,1-4H3/b22-21-/t17-,18-/m0/s1. The van der Waals surface area contributed by atoms with Crippen LogP contribution < -0.4 is 9.47 Å². The zero-order valence-corrected chi connectivity index (χ0v) is 16.7. The van der Waals surface area contributed by atoms with Gasteiger partial charge in [-0.3, -0.25) is 5.01 Å². The summed E-state index contributed by atoms with van der Waals surface area (Å²) in [4.78, 5) is 0. The van der Waals surface area contributed by atoms with Crippen molar-refractivity contribution in [2.45, 2.75) is 52.0 Å². The number of hydrazone groups is 1. The molecular weight excluding hydrogens is 328 g/mol. The summed E-state index contributed by atoms with van der Waals surface area (Å²) in [7, 11) is 3.44. The fourth-order valence-corrected chi connectivity index (χ4v) is 3.41. The molecule has 5 nitrogen and oxygen atoms in total. The summed E-state index contributed by atoms with van der Waals surface area (Å²) in [5.74, 6) is 2.22. The molecule has 2 rings (SSSR count). The largest absolute Gasteiger partial charge is 0.497 e. The van der Waals surface area contributed by atoms with Gasteiger partial charge >= 0.3 is 0 Å². The highest BCUT2D eigenvalue weighted by Crippen LogP contribution is 2.21. The van der Waals surface area contributed by atoms with Crippen molar-refractivity contribution < 1.29 is 14.2 Å². The molecule has 0 spiro atoms. The minimum atomic E-state index is 0.437. The maximum atomic E-state index is 5.83. The van der Waals surface area contributed by atoms with E-state index in [9.17, 15) is 0 Å². The number of rotatable bonds is 11. The van der Waals surface area contributed by atoms with Crippen molar-refractivity contribution in [1.82, 2.24) is 5.01 Å². The van der Waals surface area contributed by atoms with E-state index in [0.29, 0.717) is 12.0 Å². The molecule has 1 aliphatic rings. The molecule has 0 amide bonds. The Hall–Kier alpha value is -1.75. The van der Waals surface area contributed by atoms with Crippen molar-refractivity contribution in [3.63, 3.8) is 0 Å². The Labute approximate surface area is 158 Å². The van der Waals surface area contributed by atoms with Crippen LogP contribution in [0.25, 0.3) is 0 Å². The third-order valence-corrected chi connectivity index (χ3v) is 5.00. The highest BCUT2D eigenvalue weighted by Gasteiger charge is 2.24. The average molecular weight is 363 g/mol. The maximum absolute atomic E-state index is 5.83. The van der Waals surface area contributed by atoms with E-state index in [-0.39, 0.29) is 0 Å². The number of nitrogens with zero attached hydrogens (tertiary/aromatic N) is 2. The predicted octanol–water partition coefficient (Wildman–Crippen LogP) is 4.37. The Morgan fingerprint density at radius 1 is 1.23 bits per heavy atom. The van der Waals surface area contributed by atoms with Gasteiger partial charge in [-0.15, -0.1) is 0 Å². The molecule has 146 valence electrons. The van der Waals surface area contributed by atoms with Crippen molar-refractivity contribution in [2.75, 3.05) is 34.0 Å². The first-order valence-corrected chi connectivity index (χ1v) is 9.77. The summed E-state index contributed by atoms with van der Waals surface area (Å²) in [5, 5.41) is 7.21. The molecule has 0 aliphatic carbocycles. The van der Waals surface area contributed by atoms with E-state index in [1.54, 1.807) is 14.2 Å². The molecule has 0 radical (unpaired) electrons. The molecule has 1 aromatic rings. The molecule has 1 fully saturated rings.